The van der Waals surface area contributed by atoms with E-state index in [1.165, 1.54) is 25.3 Å². The van der Waals surface area contributed by atoms with Gasteiger partial charge in [0.15, 0.2) is 9.84 Å². The van der Waals surface area contributed by atoms with Crippen LogP contribution in [0.25, 0.3) is 0 Å². The van der Waals surface area contributed by atoms with Crippen LogP contribution in [-0.2, 0) is 19.9 Å². The number of ether oxygens (including phenoxy) is 1. The van der Waals surface area contributed by atoms with Crippen LogP contribution in [0.3, 0.4) is 0 Å². The third-order valence-electron chi connectivity index (χ3n) is 3.40. The lowest BCUT2D eigenvalue weighted by atomic mass is 10.1. The Morgan fingerprint density at radius 2 is 2.14 bits per heavy atom. The topological polar surface area (TPSA) is 116 Å². The predicted molar refractivity (Wildman–Crippen MR) is 79.4 cm³/mol. The summed E-state index contributed by atoms with van der Waals surface area (Å²) < 4.78 is 54.4. The molecule has 0 saturated carbocycles. The van der Waals surface area contributed by atoms with Crippen LogP contribution in [0, 0.1) is 5.92 Å². The van der Waals surface area contributed by atoms with Crippen molar-refractivity contribution in [2.45, 2.75) is 11.3 Å². The molecule has 1 atom stereocenters. The second-order valence-electron chi connectivity index (χ2n) is 5.02. The van der Waals surface area contributed by atoms with Crippen LogP contribution in [0.2, 0.25) is 0 Å². The van der Waals surface area contributed by atoms with Gasteiger partial charge in [0.1, 0.15) is 5.75 Å². The molecule has 2 rings (SSSR count). The molecular formula is C12H18N2O5S2. The van der Waals surface area contributed by atoms with Gasteiger partial charge in [-0.25, -0.2) is 21.6 Å². The summed E-state index contributed by atoms with van der Waals surface area (Å²) in [6.45, 7) is 0.105. The summed E-state index contributed by atoms with van der Waals surface area (Å²) in [5.41, 5.74) is 5.91. The molecular weight excluding hydrogens is 316 g/mol. The summed E-state index contributed by atoms with van der Waals surface area (Å²) in [5, 5.41) is 0. The van der Waals surface area contributed by atoms with Gasteiger partial charge in [-0.05, 0) is 30.5 Å². The largest absolute Gasteiger partial charge is 0.495 e. The fourth-order valence-electron chi connectivity index (χ4n) is 2.22. The summed E-state index contributed by atoms with van der Waals surface area (Å²) in [5.74, 6) is 0.367. The highest BCUT2D eigenvalue weighted by Crippen LogP contribution is 2.24. The summed E-state index contributed by atoms with van der Waals surface area (Å²) in [6.07, 6.45) is 0.482. The second-order valence-corrected chi connectivity index (χ2v) is 9.02. The quantitative estimate of drug-likeness (QED) is 0.732. The average molecular weight is 334 g/mol. The molecule has 9 heteroatoms. The van der Waals surface area contributed by atoms with Crippen LogP contribution in [0.15, 0.2) is 23.1 Å². The van der Waals surface area contributed by atoms with Crippen LogP contribution >= 0.6 is 0 Å². The smallest absolute Gasteiger partial charge is 0.240 e. The molecule has 118 valence electrons. The van der Waals surface area contributed by atoms with Crippen molar-refractivity contribution in [2.24, 2.45) is 5.92 Å². The van der Waals surface area contributed by atoms with Crippen molar-refractivity contribution in [3.63, 3.8) is 0 Å². The van der Waals surface area contributed by atoms with Gasteiger partial charge in [0.05, 0.1) is 29.2 Å². The molecule has 7 nitrogen and oxygen atoms in total. The Balaban J connectivity index is 2.07. The van der Waals surface area contributed by atoms with E-state index < -0.39 is 19.9 Å². The Labute approximate surface area is 124 Å². The predicted octanol–water partition coefficient (Wildman–Crippen LogP) is -0.00960. The second kappa shape index (κ2) is 5.82. The molecule has 0 radical (unpaired) electrons. The molecule has 0 aliphatic carbocycles. The van der Waals surface area contributed by atoms with Gasteiger partial charge >= 0.3 is 0 Å². The molecule has 1 aliphatic rings. The third kappa shape index (κ3) is 3.86. The normalized spacial score (nSPS) is 21.3. The van der Waals surface area contributed by atoms with Crippen molar-refractivity contribution < 1.29 is 21.6 Å². The number of nitrogens with one attached hydrogen (secondary N) is 1. The minimum Gasteiger partial charge on any atom is -0.495 e. The van der Waals surface area contributed by atoms with Crippen LogP contribution in [0.1, 0.15) is 6.42 Å². The van der Waals surface area contributed by atoms with E-state index in [4.69, 9.17) is 10.5 Å². The maximum Gasteiger partial charge on any atom is 0.240 e. The Morgan fingerprint density at radius 3 is 2.67 bits per heavy atom. The van der Waals surface area contributed by atoms with Gasteiger partial charge in [-0.15, -0.1) is 0 Å². The molecule has 1 unspecified atom stereocenters. The van der Waals surface area contributed by atoms with Crippen molar-refractivity contribution in [3.8, 4) is 5.75 Å². The van der Waals surface area contributed by atoms with E-state index in [-0.39, 0.29) is 34.6 Å². The minimum atomic E-state index is -3.71. The molecule has 21 heavy (non-hydrogen) atoms. The first-order chi connectivity index (χ1) is 9.73. The summed E-state index contributed by atoms with van der Waals surface area (Å²) >= 11 is 0. The first-order valence-corrected chi connectivity index (χ1v) is 9.67. The number of rotatable bonds is 5. The van der Waals surface area contributed by atoms with Crippen molar-refractivity contribution in [1.82, 2.24) is 4.72 Å². The van der Waals surface area contributed by atoms with Crippen molar-refractivity contribution in [2.75, 3.05) is 30.9 Å². The highest BCUT2D eigenvalue weighted by Gasteiger charge is 2.29. The maximum absolute atomic E-state index is 12.1. The highest BCUT2D eigenvalue weighted by molar-refractivity contribution is 7.91. The first-order valence-electron chi connectivity index (χ1n) is 6.37. The Bertz CT molecular complexity index is 728. The van der Waals surface area contributed by atoms with Crippen molar-refractivity contribution in [3.05, 3.63) is 18.2 Å². The molecule has 0 amide bonds. The molecule has 3 N–H and O–H groups in total. The number of methoxy groups -OCH3 is 1. The number of hydrogen-bond acceptors (Lipinski definition) is 6. The highest BCUT2D eigenvalue weighted by atomic mass is 32.2. The molecule has 0 aromatic heterocycles. The van der Waals surface area contributed by atoms with Crippen LogP contribution < -0.4 is 15.2 Å². The standard InChI is InChI=1S/C12H18N2O5S2/c1-19-12-3-2-10(6-11(12)13)21(17,18)14-7-9-4-5-20(15,16)8-9/h2-3,6,9,14H,4-5,7-8,13H2,1H3. The lowest BCUT2D eigenvalue weighted by Crippen LogP contribution is -2.30. The number of nitrogens with two attached hydrogens (primary N) is 1. The lowest BCUT2D eigenvalue weighted by molar-refractivity contribution is 0.416. The molecule has 1 saturated heterocycles. The average Bonchev–Trinajstić information content (AvgIpc) is 2.76. The molecule has 1 aliphatic heterocycles. The zero-order chi connectivity index (χ0) is 15.7. The third-order valence-corrected chi connectivity index (χ3v) is 6.66. The zero-order valence-corrected chi connectivity index (χ0v) is 13.2. The Hall–Kier alpha value is -1.32. The van der Waals surface area contributed by atoms with E-state index in [1.54, 1.807) is 0 Å². The Morgan fingerprint density at radius 1 is 1.43 bits per heavy atom. The maximum atomic E-state index is 12.1. The fraction of sp³-hybridized carbons (Fsp3) is 0.500. The van der Waals surface area contributed by atoms with E-state index in [0.29, 0.717) is 12.2 Å². The molecule has 0 bridgehead atoms. The number of nitrogen functional groups attached to an aromatic ring is 1. The van der Waals surface area contributed by atoms with Gasteiger partial charge in [-0.3, -0.25) is 0 Å². The van der Waals surface area contributed by atoms with Crippen LogP contribution in [0.5, 0.6) is 5.75 Å². The lowest BCUT2D eigenvalue weighted by Gasteiger charge is -2.12. The van der Waals surface area contributed by atoms with E-state index in [1.807, 2.05) is 0 Å². The number of sulfonamides is 1. The monoisotopic (exact) mass is 334 g/mol. The number of benzene rings is 1. The molecule has 0 spiro atoms. The van der Waals surface area contributed by atoms with Crippen molar-refractivity contribution in [1.29, 1.82) is 0 Å². The minimum absolute atomic E-state index is 0.0280. The molecule has 1 fully saturated rings. The van der Waals surface area contributed by atoms with Crippen molar-refractivity contribution >= 4 is 25.5 Å². The van der Waals surface area contributed by atoms with E-state index in [2.05, 4.69) is 4.72 Å². The first kappa shape index (κ1) is 16.1. The number of anilines is 1. The van der Waals surface area contributed by atoms with Gasteiger partial charge in [-0.1, -0.05) is 0 Å². The van der Waals surface area contributed by atoms with Gasteiger partial charge in [0.25, 0.3) is 0 Å². The fourth-order valence-corrected chi connectivity index (χ4v) is 5.24. The summed E-state index contributed by atoms with van der Waals surface area (Å²) in [6, 6.07) is 4.18. The number of sulfone groups is 1. The summed E-state index contributed by atoms with van der Waals surface area (Å²) in [4.78, 5) is 0.0293. The Kier molecular flexibility index (Phi) is 4.45. The van der Waals surface area contributed by atoms with Gasteiger partial charge < -0.3 is 10.5 Å². The van der Waals surface area contributed by atoms with E-state index in [9.17, 15) is 16.8 Å². The van der Waals surface area contributed by atoms with Crippen LogP contribution in [-0.4, -0.2) is 42.0 Å². The SMILES string of the molecule is COc1ccc(S(=O)(=O)NCC2CCS(=O)(=O)C2)cc1N. The van der Waals surface area contributed by atoms with Crippen LogP contribution in [0.4, 0.5) is 5.69 Å². The van der Waals surface area contributed by atoms with E-state index in [0.717, 1.165) is 0 Å². The van der Waals surface area contributed by atoms with Gasteiger partial charge in [0.2, 0.25) is 10.0 Å². The van der Waals surface area contributed by atoms with E-state index >= 15 is 0 Å². The van der Waals surface area contributed by atoms with Gasteiger partial charge in [0, 0.05) is 6.54 Å². The molecule has 1 aromatic carbocycles. The van der Waals surface area contributed by atoms with Gasteiger partial charge in [-0.2, -0.15) is 0 Å². The summed E-state index contributed by atoms with van der Waals surface area (Å²) in [7, 11) is -5.28. The zero-order valence-electron chi connectivity index (χ0n) is 11.6. The number of hydrogen-bond donors (Lipinski definition) is 2. The molecule has 1 heterocycles. The molecule has 1 aromatic rings.